The molecule has 0 saturated carbocycles. The van der Waals surface area contributed by atoms with Crippen LogP contribution in [0.2, 0.25) is 0 Å². The number of rotatable bonds is 1. The monoisotopic (exact) mass is 288 g/mol. The molecule has 3 rings (SSSR count). The molecule has 0 atom stereocenters. The van der Waals surface area contributed by atoms with E-state index >= 15 is 0 Å². The highest BCUT2D eigenvalue weighted by molar-refractivity contribution is 9.10. The van der Waals surface area contributed by atoms with Crippen LogP contribution in [0.5, 0.6) is 0 Å². The fourth-order valence-corrected chi connectivity index (χ4v) is 2.00. The molecule has 17 heavy (non-hydrogen) atoms. The molecule has 0 aliphatic carbocycles. The van der Waals surface area contributed by atoms with Gasteiger partial charge in [0.1, 0.15) is 5.52 Å². The molecular weight excluding hydrogens is 280 g/mol. The summed E-state index contributed by atoms with van der Waals surface area (Å²) in [6.07, 6.45) is 0. The van der Waals surface area contributed by atoms with Gasteiger partial charge in [0.05, 0.1) is 0 Å². The molecule has 1 aromatic heterocycles. The maximum Gasteiger partial charge on any atom is 0.227 e. The Hall–Kier alpha value is -1.81. The number of oxazole rings is 1. The van der Waals surface area contributed by atoms with Crippen LogP contribution in [0.4, 0.5) is 5.69 Å². The first-order valence-corrected chi connectivity index (χ1v) is 5.94. The molecule has 4 heteroatoms. The highest BCUT2D eigenvalue weighted by Gasteiger charge is 2.07. The van der Waals surface area contributed by atoms with E-state index in [1.165, 1.54) is 0 Å². The smallest absolute Gasteiger partial charge is 0.227 e. The maximum absolute atomic E-state index is 5.68. The molecule has 0 saturated heterocycles. The van der Waals surface area contributed by atoms with Crippen molar-refractivity contribution in [3.63, 3.8) is 0 Å². The van der Waals surface area contributed by atoms with Gasteiger partial charge in [-0.05, 0) is 42.5 Å². The Bertz CT molecular complexity index is 673. The topological polar surface area (TPSA) is 52.0 Å². The van der Waals surface area contributed by atoms with Gasteiger partial charge < -0.3 is 10.2 Å². The maximum atomic E-state index is 5.68. The molecular formula is C13H9BrN2O. The van der Waals surface area contributed by atoms with Crippen LogP contribution < -0.4 is 5.73 Å². The zero-order chi connectivity index (χ0) is 11.8. The summed E-state index contributed by atoms with van der Waals surface area (Å²) >= 11 is 3.41. The summed E-state index contributed by atoms with van der Waals surface area (Å²) in [7, 11) is 0. The second kappa shape index (κ2) is 3.89. The van der Waals surface area contributed by atoms with Crippen LogP contribution >= 0.6 is 15.9 Å². The van der Waals surface area contributed by atoms with Crippen LogP contribution in [-0.2, 0) is 0 Å². The second-order valence-electron chi connectivity index (χ2n) is 3.75. The first-order valence-electron chi connectivity index (χ1n) is 5.14. The van der Waals surface area contributed by atoms with E-state index in [-0.39, 0.29) is 0 Å². The zero-order valence-electron chi connectivity index (χ0n) is 8.85. The van der Waals surface area contributed by atoms with Crippen LogP contribution in [0.25, 0.3) is 22.6 Å². The van der Waals surface area contributed by atoms with Crippen LogP contribution in [-0.4, -0.2) is 4.98 Å². The van der Waals surface area contributed by atoms with Crippen molar-refractivity contribution in [3.8, 4) is 11.5 Å². The molecule has 0 aliphatic rings. The van der Waals surface area contributed by atoms with Crippen molar-refractivity contribution >= 4 is 32.7 Å². The fraction of sp³-hybridized carbons (Fsp3) is 0. The Morgan fingerprint density at radius 3 is 2.59 bits per heavy atom. The summed E-state index contributed by atoms with van der Waals surface area (Å²) in [4.78, 5) is 4.44. The lowest BCUT2D eigenvalue weighted by atomic mass is 10.2. The Kier molecular flexibility index (Phi) is 2.37. The third kappa shape index (κ3) is 1.91. The van der Waals surface area contributed by atoms with Crippen molar-refractivity contribution in [2.75, 3.05) is 5.73 Å². The number of nitrogens with zero attached hydrogens (tertiary/aromatic N) is 1. The highest BCUT2D eigenvalue weighted by Crippen LogP contribution is 2.26. The number of aromatic nitrogens is 1. The average molecular weight is 289 g/mol. The number of hydrogen-bond acceptors (Lipinski definition) is 3. The van der Waals surface area contributed by atoms with Crippen molar-refractivity contribution in [2.24, 2.45) is 0 Å². The number of nitrogens with two attached hydrogens (primary N) is 1. The molecule has 0 amide bonds. The van der Waals surface area contributed by atoms with Gasteiger partial charge in [0.25, 0.3) is 0 Å². The standard InChI is InChI=1S/C13H9BrN2O/c14-9-3-6-12-11(7-9)16-13(17-12)8-1-4-10(15)5-2-8/h1-7H,15H2. The molecule has 0 radical (unpaired) electrons. The zero-order valence-corrected chi connectivity index (χ0v) is 10.4. The lowest BCUT2D eigenvalue weighted by Crippen LogP contribution is -1.83. The van der Waals surface area contributed by atoms with Gasteiger partial charge in [0, 0.05) is 15.7 Å². The average Bonchev–Trinajstić information content (AvgIpc) is 2.72. The summed E-state index contributed by atoms with van der Waals surface area (Å²) in [6.45, 7) is 0. The van der Waals surface area contributed by atoms with Gasteiger partial charge in [-0.15, -0.1) is 0 Å². The van der Waals surface area contributed by atoms with E-state index in [1.807, 2.05) is 42.5 Å². The normalized spacial score (nSPS) is 10.9. The van der Waals surface area contributed by atoms with Crippen molar-refractivity contribution in [3.05, 3.63) is 46.9 Å². The summed E-state index contributed by atoms with van der Waals surface area (Å²) < 4.78 is 6.66. The molecule has 0 spiro atoms. The van der Waals surface area contributed by atoms with Gasteiger partial charge in [-0.2, -0.15) is 0 Å². The highest BCUT2D eigenvalue weighted by atomic mass is 79.9. The predicted octanol–water partition coefficient (Wildman–Crippen LogP) is 3.84. The van der Waals surface area contributed by atoms with E-state index in [1.54, 1.807) is 0 Å². The van der Waals surface area contributed by atoms with Crippen LogP contribution in [0.1, 0.15) is 0 Å². The van der Waals surface area contributed by atoms with E-state index in [2.05, 4.69) is 20.9 Å². The van der Waals surface area contributed by atoms with E-state index in [9.17, 15) is 0 Å². The SMILES string of the molecule is Nc1ccc(-c2nc3cc(Br)ccc3o2)cc1. The number of nitrogen functional groups attached to an aromatic ring is 1. The van der Waals surface area contributed by atoms with Gasteiger partial charge in [0.15, 0.2) is 5.58 Å². The van der Waals surface area contributed by atoms with Gasteiger partial charge in [0.2, 0.25) is 5.89 Å². The van der Waals surface area contributed by atoms with E-state index in [0.29, 0.717) is 5.89 Å². The molecule has 2 N–H and O–H groups in total. The van der Waals surface area contributed by atoms with E-state index < -0.39 is 0 Å². The largest absolute Gasteiger partial charge is 0.436 e. The third-order valence-electron chi connectivity index (χ3n) is 2.51. The Balaban J connectivity index is 2.14. The van der Waals surface area contributed by atoms with Gasteiger partial charge in [-0.25, -0.2) is 4.98 Å². The minimum Gasteiger partial charge on any atom is -0.436 e. The van der Waals surface area contributed by atoms with Crippen LogP contribution in [0, 0.1) is 0 Å². The molecule has 0 fully saturated rings. The number of fused-ring (bicyclic) bond motifs is 1. The number of benzene rings is 2. The van der Waals surface area contributed by atoms with Crippen molar-refractivity contribution in [1.29, 1.82) is 0 Å². The Morgan fingerprint density at radius 2 is 1.82 bits per heavy atom. The number of halogens is 1. The van der Waals surface area contributed by atoms with Gasteiger partial charge in [-0.1, -0.05) is 15.9 Å². The summed E-state index contributed by atoms with van der Waals surface area (Å²) in [5, 5.41) is 0. The molecule has 3 aromatic rings. The predicted molar refractivity (Wildman–Crippen MR) is 71.6 cm³/mol. The first kappa shape index (κ1) is 10.4. The number of anilines is 1. The van der Waals surface area contributed by atoms with Gasteiger partial charge in [-0.3, -0.25) is 0 Å². The summed E-state index contributed by atoms with van der Waals surface area (Å²) in [5.74, 6) is 0.609. The minimum atomic E-state index is 0.609. The lowest BCUT2D eigenvalue weighted by molar-refractivity contribution is 0.620. The Labute approximate surface area is 106 Å². The van der Waals surface area contributed by atoms with Crippen molar-refractivity contribution in [1.82, 2.24) is 4.98 Å². The van der Waals surface area contributed by atoms with Gasteiger partial charge >= 0.3 is 0 Å². The van der Waals surface area contributed by atoms with Crippen LogP contribution in [0.3, 0.4) is 0 Å². The van der Waals surface area contributed by atoms with Crippen molar-refractivity contribution in [2.45, 2.75) is 0 Å². The van der Waals surface area contributed by atoms with Crippen LogP contribution in [0.15, 0.2) is 51.4 Å². The molecule has 1 heterocycles. The molecule has 0 aliphatic heterocycles. The van der Waals surface area contributed by atoms with Crippen molar-refractivity contribution < 1.29 is 4.42 Å². The Morgan fingerprint density at radius 1 is 1.06 bits per heavy atom. The molecule has 0 unspecified atom stereocenters. The quantitative estimate of drug-likeness (QED) is 0.692. The van der Waals surface area contributed by atoms with E-state index in [4.69, 9.17) is 10.2 Å². The molecule has 3 nitrogen and oxygen atoms in total. The fourth-order valence-electron chi connectivity index (χ4n) is 1.65. The number of hydrogen-bond donors (Lipinski definition) is 1. The molecule has 0 bridgehead atoms. The lowest BCUT2D eigenvalue weighted by Gasteiger charge is -1.95. The summed E-state index contributed by atoms with van der Waals surface area (Å²) in [6, 6.07) is 13.2. The first-order chi connectivity index (χ1) is 8.22. The third-order valence-corrected chi connectivity index (χ3v) is 3.00. The summed E-state index contributed by atoms with van der Waals surface area (Å²) in [5.41, 5.74) is 8.91. The second-order valence-corrected chi connectivity index (χ2v) is 4.67. The molecule has 2 aromatic carbocycles. The minimum absolute atomic E-state index is 0.609. The van der Waals surface area contributed by atoms with E-state index in [0.717, 1.165) is 26.8 Å². The molecule has 84 valence electrons.